The molecule has 1 aliphatic rings. The smallest absolute Gasteiger partial charge is 0.202 e. The van der Waals surface area contributed by atoms with Gasteiger partial charge in [0.1, 0.15) is 0 Å². The molecule has 26 heavy (non-hydrogen) atoms. The van der Waals surface area contributed by atoms with Crippen molar-refractivity contribution in [2.24, 2.45) is 17.6 Å². The van der Waals surface area contributed by atoms with Crippen LogP contribution in [0.4, 0.5) is 0 Å². The molecule has 0 fully saturated rings. The van der Waals surface area contributed by atoms with Crippen molar-refractivity contribution in [2.45, 2.75) is 73.1 Å². The van der Waals surface area contributed by atoms with Crippen molar-refractivity contribution in [2.75, 3.05) is 7.11 Å². The van der Waals surface area contributed by atoms with Gasteiger partial charge in [0.15, 0.2) is 5.76 Å². The molecule has 0 amide bonds. The molecule has 1 aliphatic carbocycles. The Morgan fingerprint density at radius 1 is 1.08 bits per heavy atom. The highest BCUT2D eigenvalue weighted by atomic mass is 16.5. The fourth-order valence-electron chi connectivity index (χ4n) is 3.34. The second-order valence-corrected chi connectivity index (χ2v) is 7.87. The molecular formula is C23H37NO2. The third-order valence-corrected chi connectivity index (χ3v) is 5.21. The number of allylic oxidation sites excluding steroid dienone is 8. The maximum absolute atomic E-state index is 12.3. The Hall–Kier alpha value is -1.77. The van der Waals surface area contributed by atoms with Gasteiger partial charge in [-0.15, -0.1) is 0 Å². The van der Waals surface area contributed by atoms with Gasteiger partial charge in [0.05, 0.1) is 12.8 Å². The number of methoxy groups -OCH3 is 1. The molecule has 0 saturated carbocycles. The molecule has 0 heterocycles. The van der Waals surface area contributed by atoms with E-state index in [1.807, 2.05) is 6.92 Å². The van der Waals surface area contributed by atoms with E-state index >= 15 is 0 Å². The molecule has 0 bridgehead atoms. The fourth-order valence-corrected chi connectivity index (χ4v) is 3.34. The van der Waals surface area contributed by atoms with Crippen molar-refractivity contribution in [3.63, 3.8) is 0 Å². The monoisotopic (exact) mass is 359 g/mol. The van der Waals surface area contributed by atoms with Gasteiger partial charge in [-0.25, -0.2) is 0 Å². The van der Waals surface area contributed by atoms with Crippen LogP contribution in [0.3, 0.4) is 0 Å². The maximum atomic E-state index is 12.3. The van der Waals surface area contributed by atoms with Crippen LogP contribution >= 0.6 is 0 Å². The molecule has 0 aromatic heterocycles. The lowest BCUT2D eigenvalue weighted by Gasteiger charge is -2.28. The van der Waals surface area contributed by atoms with E-state index in [4.69, 9.17) is 10.5 Å². The standard InChI is InChI=1S/C23H37NO2/c1-16(2)9-7-10-17(3)11-8-12-18(4)13-14-20-15-21(24)23(26-6)22(25)19(20)5/h9,11,13,19-20H,7-8,10,12,14-15,24H2,1-6H3/b17-11+,18-13+/t19?,20-/m1/s1. The summed E-state index contributed by atoms with van der Waals surface area (Å²) in [4.78, 5) is 12.3. The van der Waals surface area contributed by atoms with Gasteiger partial charge in [-0.2, -0.15) is 0 Å². The molecule has 2 N–H and O–H groups in total. The predicted molar refractivity (Wildman–Crippen MR) is 111 cm³/mol. The Morgan fingerprint density at radius 3 is 2.23 bits per heavy atom. The highest BCUT2D eigenvalue weighted by Gasteiger charge is 2.33. The lowest BCUT2D eigenvalue weighted by Crippen LogP contribution is -2.31. The number of hydrogen-bond acceptors (Lipinski definition) is 3. The molecule has 0 radical (unpaired) electrons. The van der Waals surface area contributed by atoms with Crippen LogP contribution in [0.1, 0.15) is 73.1 Å². The van der Waals surface area contributed by atoms with E-state index in [0.29, 0.717) is 11.5 Å². The van der Waals surface area contributed by atoms with Gasteiger partial charge in [-0.1, -0.05) is 41.9 Å². The van der Waals surface area contributed by atoms with Gasteiger partial charge >= 0.3 is 0 Å². The largest absolute Gasteiger partial charge is 0.491 e. The van der Waals surface area contributed by atoms with Crippen LogP contribution < -0.4 is 5.73 Å². The van der Waals surface area contributed by atoms with E-state index in [2.05, 4.69) is 45.9 Å². The number of rotatable bonds is 9. The number of carbonyl (C=O) groups excluding carboxylic acids is 1. The van der Waals surface area contributed by atoms with Crippen LogP contribution in [0.2, 0.25) is 0 Å². The molecule has 146 valence electrons. The lowest BCUT2D eigenvalue weighted by molar-refractivity contribution is -0.124. The minimum Gasteiger partial charge on any atom is -0.491 e. The van der Waals surface area contributed by atoms with Crippen molar-refractivity contribution in [1.29, 1.82) is 0 Å². The van der Waals surface area contributed by atoms with E-state index in [0.717, 1.165) is 38.5 Å². The first-order valence-corrected chi connectivity index (χ1v) is 9.77. The first kappa shape index (κ1) is 22.3. The van der Waals surface area contributed by atoms with E-state index < -0.39 is 0 Å². The number of ether oxygens (including phenoxy) is 1. The minimum atomic E-state index is -0.0292. The Labute approximate surface area is 160 Å². The van der Waals surface area contributed by atoms with E-state index in [1.165, 1.54) is 23.8 Å². The number of carbonyl (C=O) groups is 1. The molecule has 3 heteroatoms. The summed E-state index contributed by atoms with van der Waals surface area (Å²) in [5.41, 5.74) is 10.9. The lowest BCUT2D eigenvalue weighted by atomic mass is 9.79. The molecule has 1 rings (SSSR count). The first-order valence-electron chi connectivity index (χ1n) is 9.77. The highest BCUT2D eigenvalue weighted by molar-refractivity contribution is 5.96. The van der Waals surface area contributed by atoms with Crippen molar-refractivity contribution in [3.8, 4) is 0 Å². The Balaban J connectivity index is 2.48. The molecule has 0 spiro atoms. The SMILES string of the molecule is COC1=C(N)C[C@@H](C/C=C(\C)CC/C=C(\C)CCC=C(C)C)C(C)C1=O. The van der Waals surface area contributed by atoms with Crippen LogP contribution in [-0.2, 0) is 9.53 Å². The third-order valence-electron chi connectivity index (χ3n) is 5.21. The average Bonchev–Trinajstić information content (AvgIpc) is 2.57. The summed E-state index contributed by atoms with van der Waals surface area (Å²) in [7, 11) is 1.52. The summed E-state index contributed by atoms with van der Waals surface area (Å²) in [5, 5.41) is 0. The first-order chi connectivity index (χ1) is 12.3. The van der Waals surface area contributed by atoms with Crippen molar-refractivity contribution in [3.05, 3.63) is 46.4 Å². The van der Waals surface area contributed by atoms with Crippen LogP contribution in [0, 0.1) is 11.8 Å². The quantitative estimate of drug-likeness (QED) is 0.526. The second kappa shape index (κ2) is 11.1. The normalized spacial score (nSPS) is 21.8. The summed E-state index contributed by atoms with van der Waals surface area (Å²) in [6.45, 7) is 10.7. The van der Waals surface area contributed by atoms with Crippen LogP contribution in [-0.4, -0.2) is 12.9 Å². The Bertz CT molecular complexity index is 604. The van der Waals surface area contributed by atoms with Gasteiger partial charge in [-0.3, -0.25) is 4.79 Å². The summed E-state index contributed by atoms with van der Waals surface area (Å²) < 4.78 is 5.16. The molecule has 2 atom stereocenters. The van der Waals surface area contributed by atoms with Gasteiger partial charge < -0.3 is 10.5 Å². The highest BCUT2D eigenvalue weighted by Crippen LogP contribution is 2.32. The van der Waals surface area contributed by atoms with Crippen LogP contribution in [0.5, 0.6) is 0 Å². The maximum Gasteiger partial charge on any atom is 0.202 e. The zero-order valence-electron chi connectivity index (χ0n) is 17.5. The van der Waals surface area contributed by atoms with Crippen molar-refractivity contribution >= 4 is 5.78 Å². The number of ketones is 1. The van der Waals surface area contributed by atoms with Crippen LogP contribution in [0.15, 0.2) is 46.4 Å². The zero-order valence-corrected chi connectivity index (χ0v) is 17.5. The molecule has 0 aliphatic heterocycles. The van der Waals surface area contributed by atoms with Crippen molar-refractivity contribution < 1.29 is 9.53 Å². The summed E-state index contributed by atoms with van der Waals surface area (Å²) in [6, 6.07) is 0. The fraction of sp³-hybridized carbons (Fsp3) is 0.609. The van der Waals surface area contributed by atoms with Crippen LogP contribution in [0.25, 0.3) is 0 Å². The van der Waals surface area contributed by atoms with E-state index in [9.17, 15) is 4.79 Å². The van der Waals surface area contributed by atoms with Gasteiger partial charge in [-0.05, 0) is 72.1 Å². The molecule has 0 aromatic carbocycles. The summed E-state index contributed by atoms with van der Waals surface area (Å²) in [5.74, 6) is 0.654. The topological polar surface area (TPSA) is 52.3 Å². The van der Waals surface area contributed by atoms with Crippen molar-refractivity contribution in [1.82, 2.24) is 0 Å². The Morgan fingerprint density at radius 2 is 1.65 bits per heavy atom. The molecular weight excluding hydrogens is 322 g/mol. The molecule has 0 aromatic rings. The second-order valence-electron chi connectivity index (χ2n) is 7.87. The van der Waals surface area contributed by atoms with Gasteiger partial charge in [0, 0.05) is 5.92 Å². The molecule has 1 unspecified atom stereocenters. The van der Waals surface area contributed by atoms with E-state index in [1.54, 1.807) is 0 Å². The number of nitrogens with two attached hydrogens (primary N) is 1. The summed E-state index contributed by atoms with van der Waals surface area (Å²) in [6.07, 6.45) is 13.0. The third kappa shape index (κ3) is 7.23. The average molecular weight is 360 g/mol. The van der Waals surface area contributed by atoms with Gasteiger partial charge in [0.2, 0.25) is 5.78 Å². The number of hydrogen-bond donors (Lipinski definition) is 1. The predicted octanol–water partition coefficient (Wildman–Crippen LogP) is 5.84. The minimum absolute atomic E-state index is 0.0292. The van der Waals surface area contributed by atoms with E-state index in [-0.39, 0.29) is 17.6 Å². The molecule has 0 saturated heterocycles. The Kier molecular flexibility index (Phi) is 9.47. The zero-order chi connectivity index (χ0) is 19.7. The summed E-state index contributed by atoms with van der Waals surface area (Å²) >= 11 is 0. The van der Waals surface area contributed by atoms with Gasteiger partial charge in [0.25, 0.3) is 0 Å². The molecule has 3 nitrogen and oxygen atoms in total. The number of Topliss-reactive ketones (excluding diaryl/α,β-unsaturated/α-hetero) is 1.